The van der Waals surface area contributed by atoms with Crippen molar-refractivity contribution in [2.24, 2.45) is 0 Å². The van der Waals surface area contributed by atoms with Gasteiger partial charge in [-0.3, -0.25) is 0 Å². The molecule has 2 nitrogen and oxygen atoms in total. The van der Waals surface area contributed by atoms with Crippen LogP contribution in [0.2, 0.25) is 5.15 Å². The van der Waals surface area contributed by atoms with Crippen LogP contribution in [0.3, 0.4) is 0 Å². The number of aromatic nitrogens is 1. The molecule has 0 aliphatic heterocycles. The fourth-order valence-corrected chi connectivity index (χ4v) is 8.02. The van der Waals surface area contributed by atoms with Gasteiger partial charge in [-0.05, 0) is 48.5 Å². The van der Waals surface area contributed by atoms with Crippen LogP contribution in [0.4, 0.5) is 0 Å². The Morgan fingerprint density at radius 1 is 0.700 bits per heavy atom. The van der Waals surface area contributed by atoms with Crippen LogP contribution >= 0.6 is 18.9 Å². The molecule has 0 radical (unpaired) electrons. The third-order valence-corrected chi connectivity index (χ3v) is 9.64. The molecule has 148 valence electrons. The second kappa shape index (κ2) is 10.0. The van der Waals surface area contributed by atoms with Gasteiger partial charge in [-0.2, -0.15) is 5.26 Å². The first-order chi connectivity index (χ1) is 14.2. The van der Waals surface area contributed by atoms with Gasteiger partial charge in [0, 0.05) is 0 Å². The van der Waals surface area contributed by atoms with E-state index < -0.39 is 7.26 Å². The van der Waals surface area contributed by atoms with Crippen LogP contribution < -0.4 is 32.9 Å². The average Bonchev–Trinajstić information content (AvgIpc) is 2.79. The molecule has 1 aromatic heterocycles. The monoisotopic (exact) mass is 492 g/mol. The first kappa shape index (κ1) is 22.2. The number of hydrogen-bond acceptors (Lipinski definition) is 2. The van der Waals surface area contributed by atoms with Crippen LogP contribution in [-0.4, -0.2) is 4.98 Å². The van der Waals surface area contributed by atoms with Crippen molar-refractivity contribution in [2.45, 2.75) is 6.16 Å². The minimum Gasteiger partial charge on any atom is -1.00 e. The molecular weight excluding hydrogens is 475 g/mol. The summed E-state index contributed by atoms with van der Waals surface area (Å²) in [4.78, 5) is 4.58. The summed E-state index contributed by atoms with van der Waals surface area (Å²) in [5.41, 5.74) is 1.29. The molecule has 5 heteroatoms. The Hall–Kier alpha value is -2.50. The summed E-state index contributed by atoms with van der Waals surface area (Å²) >= 11 is 6.28. The summed E-state index contributed by atoms with van der Waals surface area (Å²) in [6.45, 7) is 0. The number of halogens is 2. The smallest absolute Gasteiger partial charge is 0.147 e. The lowest BCUT2D eigenvalue weighted by molar-refractivity contribution is -0.00000588. The molecule has 0 N–H and O–H groups in total. The van der Waals surface area contributed by atoms with E-state index in [1.807, 2.05) is 24.3 Å². The summed E-state index contributed by atoms with van der Waals surface area (Å²) in [6.07, 6.45) is 0.733. The first-order valence-corrected chi connectivity index (χ1v) is 11.7. The molecule has 4 aromatic rings. The lowest BCUT2D eigenvalue weighted by Gasteiger charge is -2.27. The van der Waals surface area contributed by atoms with E-state index >= 15 is 0 Å². The Morgan fingerprint density at radius 2 is 1.13 bits per heavy atom. The van der Waals surface area contributed by atoms with E-state index in [4.69, 9.17) is 11.6 Å². The Bertz CT molecular complexity index is 1050. The zero-order chi connectivity index (χ0) is 20.1. The van der Waals surface area contributed by atoms with Crippen molar-refractivity contribution in [3.63, 3.8) is 0 Å². The number of nitrogens with zero attached hydrogens (tertiary/aromatic N) is 2. The second-order valence-electron chi connectivity index (χ2n) is 6.73. The SMILES string of the molecule is N#Cc1ccc(C[P+](c2ccccc2)(c2ccccc2)c2ccccc2)nc1Cl.[Br-]. The maximum atomic E-state index is 9.21. The van der Waals surface area contributed by atoms with Gasteiger partial charge in [0.15, 0.2) is 0 Å². The number of hydrogen-bond donors (Lipinski definition) is 0. The van der Waals surface area contributed by atoms with Gasteiger partial charge in [-0.25, -0.2) is 4.98 Å². The molecule has 0 bridgehead atoms. The molecule has 30 heavy (non-hydrogen) atoms. The van der Waals surface area contributed by atoms with Crippen molar-refractivity contribution in [3.8, 4) is 6.07 Å². The van der Waals surface area contributed by atoms with Crippen molar-refractivity contribution in [2.75, 3.05) is 0 Å². The molecule has 3 aromatic carbocycles. The molecule has 4 rings (SSSR count). The van der Waals surface area contributed by atoms with Crippen molar-refractivity contribution in [1.82, 2.24) is 4.98 Å². The highest BCUT2D eigenvalue weighted by molar-refractivity contribution is 7.95. The van der Waals surface area contributed by atoms with Crippen molar-refractivity contribution in [3.05, 3.63) is 120 Å². The molecule has 0 aliphatic rings. The highest BCUT2D eigenvalue weighted by Crippen LogP contribution is 2.57. The lowest BCUT2D eigenvalue weighted by atomic mass is 10.3. The molecule has 0 saturated carbocycles. The summed E-state index contributed by atoms with van der Waals surface area (Å²) in [5, 5.41) is 13.3. The lowest BCUT2D eigenvalue weighted by Crippen LogP contribution is -3.00. The minimum atomic E-state index is -2.02. The van der Waals surface area contributed by atoms with Gasteiger partial charge in [0.1, 0.15) is 40.6 Å². The number of rotatable bonds is 5. The van der Waals surface area contributed by atoms with E-state index in [1.54, 1.807) is 6.07 Å². The molecule has 0 aliphatic carbocycles. The van der Waals surface area contributed by atoms with E-state index in [1.165, 1.54) is 15.9 Å². The van der Waals surface area contributed by atoms with E-state index in [-0.39, 0.29) is 22.1 Å². The van der Waals surface area contributed by atoms with E-state index in [0.717, 1.165) is 11.9 Å². The highest BCUT2D eigenvalue weighted by Gasteiger charge is 2.45. The molecule has 0 unspecified atom stereocenters. The fourth-order valence-electron chi connectivity index (χ4n) is 3.65. The Kier molecular flexibility index (Phi) is 7.40. The summed E-state index contributed by atoms with van der Waals surface area (Å²) in [7, 11) is -2.02. The number of benzene rings is 3. The zero-order valence-corrected chi connectivity index (χ0v) is 19.4. The van der Waals surface area contributed by atoms with Crippen LogP contribution in [-0.2, 0) is 6.16 Å². The van der Waals surface area contributed by atoms with Gasteiger partial charge >= 0.3 is 0 Å². The number of pyridine rings is 1. The summed E-state index contributed by atoms with van der Waals surface area (Å²) in [5.74, 6) is 0. The second-order valence-corrected chi connectivity index (χ2v) is 10.6. The molecule has 0 spiro atoms. The van der Waals surface area contributed by atoms with Gasteiger partial charge < -0.3 is 17.0 Å². The van der Waals surface area contributed by atoms with Gasteiger partial charge in [0.2, 0.25) is 0 Å². The maximum Gasteiger partial charge on any atom is 0.147 e. The number of nitriles is 1. The predicted octanol–water partition coefficient (Wildman–Crippen LogP) is 2.10. The highest BCUT2D eigenvalue weighted by atomic mass is 79.9. The Morgan fingerprint density at radius 3 is 1.50 bits per heavy atom. The molecule has 1 heterocycles. The van der Waals surface area contributed by atoms with Crippen LogP contribution in [0.25, 0.3) is 0 Å². The van der Waals surface area contributed by atoms with E-state index in [9.17, 15) is 5.26 Å². The van der Waals surface area contributed by atoms with Crippen molar-refractivity contribution in [1.29, 1.82) is 5.26 Å². The van der Waals surface area contributed by atoms with Crippen molar-refractivity contribution >= 4 is 34.8 Å². The third kappa shape index (κ3) is 4.32. The van der Waals surface area contributed by atoms with Crippen LogP contribution in [0.5, 0.6) is 0 Å². The van der Waals surface area contributed by atoms with Crippen LogP contribution in [0, 0.1) is 11.3 Å². The van der Waals surface area contributed by atoms with Gasteiger partial charge in [-0.15, -0.1) is 0 Å². The van der Waals surface area contributed by atoms with Gasteiger partial charge in [0.05, 0.1) is 11.3 Å². The Balaban J connectivity index is 0.00000256. The fraction of sp³-hybridized carbons (Fsp3) is 0.0400. The molecule has 0 saturated heterocycles. The summed E-state index contributed by atoms with van der Waals surface area (Å²) in [6, 6.07) is 37.7. The van der Waals surface area contributed by atoms with Crippen LogP contribution in [0.15, 0.2) is 103 Å². The summed E-state index contributed by atoms with van der Waals surface area (Å²) < 4.78 is 0. The maximum absolute atomic E-state index is 9.21. The molecule has 0 fully saturated rings. The normalized spacial score (nSPS) is 10.7. The van der Waals surface area contributed by atoms with Crippen LogP contribution in [0.1, 0.15) is 11.3 Å². The van der Waals surface area contributed by atoms with Gasteiger partial charge in [0.25, 0.3) is 0 Å². The predicted molar refractivity (Wildman–Crippen MR) is 123 cm³/mol. The topological polar surface area (TPSA) is 36.7 Å². The standard InChI is InChI=1S/C25H19ClN2P.BrH/c26-25-20(18-27)16-17-21(28-25)19-29(22-10-4-1-5-11-22,23-12-6-2-7-13-23)24-14-8-3-9-15-24;/h1-17H,19H2;1H/q+1;/p-1. The quantitative estimate of drug-likeness (QED) is 0.315. The first-order valence-electron chi connectivity index (χ1n) is 9.34. The average molecular weight is 494 g/mol. The van der Waals surface area contributed by atoms with Crippen molar-refractivity contribution < 1.29 is 17.0 Å². The third-order valence-electron chi connectivity index (χ3n) is 5.02. The molecule has 0 amide bonds. The van der Waals surface area contributed by atoms with E-state index in [2.05, 4.69) is 83.8 Å². The largest absolute Gasteiger partial charge is 1.00 e. The molecular formula is C25H19BrClN2P. The molecule has 0 atom stereocenters. The zero-order valence-electron chi connectivity index (χ0n) is 16.1. The van der Waals surface area contributed by atoms with Gasteiger partial charge in [-0.1, -0.05) is 66.2 Å². The minimum absolute atomic E-state index is 0. The Labute approximate surface area is 193 Å². The van der Waals surface area contributed by atoms with E-state index in [0.29, 0.717) is 5.56 Å².